The smallest absolute Gasteiger partial charge is 0.410 e. The van der Waals surface area contributed by atoms with Crippen molar-refractivity contribution in [3.8, 4) is 0 Å². The van der Waals surface area contributed by atoms with Crippen molar-refractivity contribution in [1.82, 2.24) is 20.4 Å². The van der Waals surface area contributed by atoms with Gasteiger partial charge in [0.2, 0.25) is 5.91 Å². The fraction of sp³-hybridized carbons (Fsp3) is 0.697. The molecule has 4 rings (SSSR count). The molecule has 3 heterocycles. The van der Waals surface area contributed by atoms with Crippen molar-refractivity contribution >= 4 is 23.9 Å². The number of carbonyl (C=O) groups excluding carboxylic acids is 3. The fourth-order valence-electron chi connectivity index (χ4n) is 6.68. The summed E-state index contributed by atoms with van der Waals surface area (Å²) in [5.74, 6) is -3.34. The van der Waals surface area contributed by atoms with Crippen molar-refractivity contribution in [3.05, 3.63) is 35.1 Å². The third kappa shape index (κ3) is 9.04. The van der Waals surface area contributed by atoms with Gasteiger partial charge in [-0.25, -0.2) is 14.0 Å². The second-order valence-electron chi connectivity index (χ2n) is 14.3. The number of hydrogen-bond acceptors (Lipinski definition) is 11. The number of benzene rings is 1. The Bertz CT molecular complexity index is 1390. The molecule has 7 atom stereocenters. The number of aliphatic hydroxyl groups excluding tert-OH is 3. The van der Waals surface area contributed by atoms with Crippen LogP contribution in [0.1, 0.15) is 62.9 Å². The first-order valence-corrected chi connectivity index (χ1v) is 16.4. The van der Waals surface area contributed by atoms with Crippen molar-refractivity contribution in [2.24, 2.45) is 0 Å². The molecule has 3 amide bonds. The number of aliphatic carboxylic acids is 1. The monoisotopic (exact) mass is 696 g/mol. The summed E-state index contributed by atoms with van der Waals surface area (Å²) in [5, 5.41) is 48.7. The van der Waals surface area contributed by atoms with Crippen molar-refractivity contribution in [3.63, 3.8) is 0 Å². The summed E-state index contributed by atoms with van der Waals surface area (Å²) in [7, 11) is 0. The van der Waals surface area contributed by atoms with Gasteiger partial charge in [0, 0.05) is 58.1 Å². The van der Waals surface area contributed by atoms with Crippen LogP contribution in [0.15, 0.2) is 18.2 Å². The summed E-state index contributed by atoms with van der Waals surface area (Å²) in [5.41, 5.74) is -3.04. The number of rotatable bonds is 10. The zero-order valence-corrected chi connectivity index (χ0v) is 28.6. The summed E-state index contributed by atoms with van der Waals surface area (Å²) in [6, 6.07) is 2.54. The summed E-state index contributed by atoms with van der Waals surface area (Å²) in [6.07, 6.45) is -7.24. The normalized spacial score (nSPS) is 28.9. The van der Waals surface area contributed by atoms with Gasteiger partial charge in [-0.05, 0) is 51.8 Å². The van der Waals surface area contributed by atoms with E-state index in [1.165, 1.54) is 26.0 Å². The van der Waals surface area contributed by atoms with E-state index in [1.54, 1.807) is 25.7 Å². The molecule has 3 aliphatic rings. The quantitative estimate of drug-likeness (QED) is 0.194. The van der Waals surface area contributed by atoms with Crippen LogP contribution >= 0.6 is 0 Å². The molecule has 0 radical (unpaired) electrons. The van der Waals surface area contributed by atoms with Crippen LogP contribution in [0, 0.1) is 12.7 Å². The van der Waals surface area contributed by atoms with E-state index in [-0.39, 0.29) is 18.5 Å². The molecule has 0 bridgehead atoms. The first-order valence-electron chi connectivity index (χ1n) is 16.4. The number of likely N-dealkylation sites (tertiary alicyclic amines) is 1. The van der Waals surface area contributed by atoms with Crippen LogP contribution in [0.3, 0.4) is 0 Å². The number of carbonyl (C=O) groups is 4. The third-order valence-electron chi connectivity index (χ3n) is 9.38. The highest BCUT2D eigenvalue weighted by Gasteiger charge is 2.55. The SMILES string of the molecule is CC(=O)N[C@H]1[C@H]([C@H](O)[C@H](O)CNC(=O)c2ccc(C)c(F)c2)O[C@@](CCN2CCOC[C@@]23CCN(C(=O)OC(C)(C)C)C3)(C(=O)O)C[C@@H]1O. The number of aryl methyl sites for hydroxylation is 1. The number of aliphatic hydroxyl groups is 3. The number of carboxylic acids is 1. The van der Waals surface area contributed by atoms with Gasteiger partial charge in [0.25, 0.3) is 5.91 Å². The number of nitrogens with one attached hydrogen (secondary N) is 2. The van der Waals surface area contributed by atoms with E-state index < -0.39 is 89.9 Å². The first kappa shape index (κ1) is 38.4. The minimum atomic E-state index is -2.05. The lowest BCUT2D eigenvalue weighted by molar-refractivity contribution is -0.231. The predicted octanol–water partition coefficient (Wildman–Crippen LogP) is 0.166. The molecule has 6 N–H and O–H groups in total. The van der Waals surface area contributed by atoms with Gasteiger partial charge in [-0.2, -0.15) is 0 Å². The van der Waals surface area contributed by atoms with Crippen LogP contribution in [0.4, 0.5) is 9.18 Å². The van der Waals surface area contributed by atoms with Gasteiger partial charge in [0.05, 0.1) is 37.0 Å². The van der Waals surface area contributed by atoms with Gasteiger partial charge < -0.3 is 50.2 Å². The average molecular weight is 697 g/mol. The molecule has 0 aliphatic carbocycles. The molecule has 1 spiro atoms. The maximum atomic E-state index is 14.0. The molecular weight excluding hydrogens is 647 g/mol. The standard InChI is InChI=1S/C33H49FN4O11/c1-19-6-7-21(14-22(19)34)28(43)35-16-24(41)26(42)27-25(36-20(2)39)23(40)15-33(48-27,29(44)45)9-11-38-12-13-47-18-32(38)8-10-37(17-32)30(46)49-31(3,4)5/h6-7,14,23-27,40-42H,8-13,15-18H2,1-5H3,(H,35,43)(H,36,39)(H,44,45)/t23-,24+,25+,26+,27+,32-,33+/m0/s1. The van der Waals surface area contributed by atoms with Crippen LogP contribution in [0.5, 0.6) is 0 Å². The van der Waals surface area contributed by atoms with Gasteiger partial charge in [-0.15, -0.1) is 0 Å². The zero-order chi connectivity index (χ0) is 36.3. The molecule has 3 fully saturated rings. The largest absolute Gasteiger partial charge is 0.479 e. The Morgan fingerprint density at radius 2 is 1.90 bits per heavy atom. The van der Waals surface area contributed by atoms with E-state index >= 15 is 0 Å². The van der Waals surface area contributed by atoms with Crippen molar-refractivity contribution in [1.29, 1.82) is 0 Å². The second kappa shape index (κ2) is 15.2. The van der Waals surface area contributed by atoms with Crippen molar-refractivity contribution < 1.29 is 58.2 Å². The number of halogens is 1. The Hall–Kier alpha value is -3.41. The number of nitrogens with zero attached hydrogens (tertiary/aromatic N) is 2. The molecule has 0 unspecified atom stereocenters. The molecule has 274 valence electrons. The maximum Gasteiger partial charge on any atom is 0.410 e. The number of amides is 3. The lowest BCUT2D eigenvalue weighted by Gasteiger charge is -2.49. The number of hydrogen-bond donors (Lipinski definition) is 6. The molecule has 15 nitrogen and oxygen atoms in total. The van der Waals surface area contributed by atoms with Crippen molar-refractivity contribution in [2.75, 3.05) is 45.9 Å². The molecule has 3 saturated heterocycles. The average Bonchev–Trinajstić information content (AvgIpc) is 3.44. The molecular formula is C33H49FN4O11. The molecule has 0 saturated carbocycles. The van der Waals surface area contributed by atoms with E-state index in [9.17, 15) is 44.0 Å². The van der Waals surface area contributed by atoms with Gasteiger partial charge in [0.15, 0.2) is 5.60 Å². The number of carboxylic acid groups (broad SMARTS) is 1. The number of morpholine rings is 1. The molecule has 16 heteroatoms. The molecule has 0 aromatic heterocycles. The Balaban J connectivity index is 1.50. The van der Waals surface area contributed by atoms with E-state index in [0.717, 1.165) is 6.07 Å². The fourth-order valence-corrected chi connectivity index (χ4v) is 6.68. The highest BCUT2D eigenvalue weighted by molar-refractivity contribution is 5.94. The van der Waals surface area contributed by atoms with E-state index in [4.69, 9.17) is 14.2 Å². The molecule has 1 aromatic carbocycles. The maximum absolute atomic E-state index is 14.0. The Kier molecular flexibility index (Phi) is 11.9. The summed E-state index contributed by atoms with van der Waals surface area (Å²) >= 11 is 0. The van der Waals surface area contributed by atoms with Crippen molar-refractivity contribution in [2.45, 2.75) is 101 Å². The lowest BCUT2D eigenvalue weighted by Crippen LogP contribution is -2.68. The first-order chi connectivity index (χ1) is 22.9. The van der Waals surface area contributed by atoms with Crippen LogP contribution in [0.2, 0.25) is 0 Å². The molecule has 3 aliphatic heterocycles. The van der Waals surface area contributed by atoms with Gasteiger partial charge in [-0.3, -0.25) is 14.5 Å². The highest BCUT2D eigenvalue weighted by Crippen LogP contribution is 2.38. The van der Waals surface area contributed by atoms with Crippen LogP contribution in [0.25, 0.3) is 0 Å². The Morgan fingerprint density at radius 3 is 2.53 bits per heavy atom. The second-order valence-corrected chi connectivity index (χ2v) is 14.3. The van der Waals surface area contributed by atoms with Gasteiger partial charge in [0.1, 0.15) is 23.6 Å². The minimum absolute atomic E-state index is 0.0208. The van der Waals surface area contributed by atoms with E-state index in [1.807, 2.05) is 4.90 Å². The summed E-state index contributed by atoms with van der Waals surface area (Å²) < 4.78 is 31.4. The Morgan fingerprint density at radius 1 is 1.18 bits per heavy atom. The van der Waals surface area contributed by atoms with Gasteiger partial charge in [-0.1, -0.05) is 6.07 Å². The van der Waals surface area contributed by atoms with E-state index in [0.29, 0.717) is 44.8 Å². The third-order valence-corrected chi connectivity index (χ3v) is 9.38. The molecule has 49 heavy (non-hydrogen) atoms. The van der Waals surface area contributed by atoms with Gasteiger partial charge >= 0.3 is 12.1 Å². The summed E-state index contributed by atoms with van der Waals surface area (Å²) in [6.45, 7) is 9.47. The van der Waals surface area contributed by atoms with Crippen LogP contribution in [-0.4, -0.2) is 147 Å². The molecule has 1 aromatic rings. The van der Waals surface area contributed by atoms with Crippen LogP contribution in [-0.2, 0) is 23.8 Å². The zero-order valence-electron chi connectivity index (χ0n) is 28.6. The summed E-state index contributed by atoms with van der Waals surface area (Å²) in [4.78, 5) is 54.0. The Labute approximate surface area is 284 Å². The van der Waals surface area contributed by atoms with Crippen LogP contribution < -0.4 is 10.6 Å². The topological polar surface area (TPSA) is 207 Å². The highest BCUT2D eigenvalue weighted by atomic mass is 19.1. The minimum Gasteiger partial charge on any atom is -0.479 e. The van der Waals surface area contributed by atoms with E-state index in [2.05, 4.69) is 10.6 Å². The number of ether oxygens (including phenoxy) is 3. The predicted molar refractivity (Wildman–Crippen MR) is 171 cm³/mol. The lowest BCUT2D eigenvalue weighted by atomic mass is 9.81.